The summed E-state index contributed by atoms with van der Waals surface area (Å²) in [6, 6.07) is 0. The van der Waals surface area contributed by atoms with Crippen LogP contribution in [0.25, 0.3) is 0 Å². The first-order valence-electron chi connectivity index (χ1n) is 1.18. The molecule has 5 nitrogen and oxygen atoms in total. The molecular weight excluding hydrogens is 123 g/mol. The maximum Gasteiger partial charge on any atom is 0.534 e. The highest BCUT2D eigenvalue weighted by Crippen LogP contribution is 2.02. The molecule has 0 saturated heterocycles. The molecule has 0 aromatic rings. The number of hydrogen-bond donors (Lipinski definition) is 1. The third-order valence-electron chi connectivity index (χ3n) is 0.153. The molecule has 0 aliphatic heterocycles. The largest absolute Gasteiger partial charge is 0.534 e. The van der Waals surface area contributed by atoms with E-state index in [0.29, 0.717) is 0 Å². The van der Waals surface area contributed by atoms with Crippen LogP contribution < -0.4 is 0 Å². The summed E-state index contributed by atoms with van der Waals surface area (Å²) < 4.78 is 21.6. The minimum Gasteiger partial charge on any atom is -0.449 e. The van der Waals surface area contributed by atoms with Gasteiger partial charge in [-0.15, -0.1) is 0 Å². The summed E-state index contributed by atoms with van der Waals surface area (Å²) in [5, 5.41) is 7.48. The van der Waals surface area contributed by atoms with Crippen molar-refractivity contribution < 1.29 is 23.6 Å². The molecule has 0 heterocycles. The van der Waals surface area contributed by atoms with Gasteiger partial charge in [0, 0.05) is 0 Å². The molecule has 0 aromatic carbocycles. The van der Waals surface area contributed by atoms with Gasteiger partial charge < -0.3 is 9.63 Å². The Morgan fingerprint density at radius 2 is 2.00 bits per heavy atom. The van der Waals surface area contributed by atoms with E-state index < -0.39 is 14.1 Å². The average molecular weight is 124 g/mol. The predicted octanol–water partition coefficient (Wildman–Crippen LogP) is 0.769. The predicted molar refractivity (Wildman–Crippen MR) is 17.4 cm³/mol. The van der Waals surface area contributed by atoms with Gasteiger partial charge in [-0.2, -0.15) is 9.13 Å². The van der Waals surface area contributed by atoms with Crippen LogP contribution in [-0.4, -0.2) is 11.3 Å². The van der Waals surface area contributed by atoms with E-state index in [0.717, 1.165) is 0 Å². The smallest absolute Gasteiger partial charge is 0.449 e. The second-order valence-corrected chi connectivity index (χ2v) is 1.21. The van der Waals surface area contributed by atoms with Crippen molar-refractivity contribution in [1.82, 2.24) is 0 Å². The molecule has 6 heteroatoms. The molecule has 0 spiro atoms. The monoisotopic (exact) mass is 124 g/mol. The van der Waals surface area contributed by atoms with Gasteiger partial charge in [0.1, 0.15) is 0 Å². The number of hydrogen-bond acceptors (Lipinski definition) is 4. The summed E-state index contributed by atoms with van der Waals surface area (Å²) in [5.41, 5.74) is 0. The molecule has 0 rings (SSSR count). The number of rotatable bonds is 1. The van der Waals surface area contributed by atoms with E-state index in [-0.39, 0.29) is 0 Å². The maximum absolute atomic E-state index is 9.24. The molecule has 0 aliphatic carbocycles. The zero-order valence-electron chi connectivity index (χ0n) is 3.03. The maximum atomic E-state index is 9.24. The van der Waals surface area contributed by atoms with Crippen LogP contribution in [-0.2, 0) is 13.7 Å². The molecule has 0 fully saturated rings. The van der Waals surface area contributed by atoms with E-state index in [1.54, 1.807) is 0 Å². The molecule has 0 bridgehead atoms. The van der Waals surface area contributed by atoms with Gasteiger partial charge in [0.2, 0.25) is 0 Å². The van der Waals surface area contributed by atoms with Crippen molar-refractivity contribution in [1.29, 1.82) is 0 Å². The number of carboxylic acid groups (broad SMARTS) is 1. The minimum atomic E-state index is -3.24. The van der Waals surface area contributed by atoms with Crippen LogP contribution in [0, 0.1) is 0 Å². The Bertz CT molecular complexity index is 125. The fourth-order valence-corrected chi connectivity index (χ4v) is 0.191. The van der Waals surface area contributed by atoms with E-state index in [4.69, 9.17) is 5.11 Å². The van der Waals surface area contributed by atoms with Crippen LogP contribution in [0.5, 0.6) is 0 Å². The first-order chi connectivity index (χ1) is 3.13. The van der Waals surface area contributed by atoms with Crippen molar-refractivity contribution in [3.05, 3.63) is 0 Å². The van der Waals surface area contributed by atoms with Crippen LogP contribution >= 0.6 is 7.91 Å². The van der Waals surface area contributed by atoms with Crippen LogP contribution in [0.2, 0.25) is 0 Å². The summed E-state index contributed by atoms with van der Waals surface area (Å²) in [4.78, 5) is 9.20. The number of carbonyl (C=O) groups is 1. The first-order valence-corrected chi connectivity index (χ1v) is 2.28. The molecule has 40 valence electrons. The van der Waals surface area contributed by atoms with Gasteiger partial charge >= 0.3 is 14.1 Å². The van der Waals surface area contributed by atoms with E-state index in [1.165, 1.54) is 0 Å². The third kappa shape index (κ3) is 5.17. The molecule has 0 aromatic heterocycles. The second kappa shape index (κ2) is 2.36. The Labute approximate surface area is 38.8 Å². The molecule has 0 radical (unpaired) electrons. The van der Waals surface area contributed by atoms with E-state index in [1.807, 2.05) is 0 Å². The molecule has 0 amide bonds. The van der Waals surface area contributed by atoms with Gasteiger partial charge in [-0.1, -0.05) is 0 Å². The Hall–Kier alpha value is -0.830. The molecule has 0 saturated carbocycles. The lowest BCUT2D eigenvalue weighted by atomic mass is 11.5. The van der Waals surface area contributed by atoms with E-state index in [9.17, 15) is 13.9 Å². The van der Waals surface area contributed by atoms with Gasteiger partial charge in [0.15, 0.2) is 0 Å². The lowest BCUT2D eigenvalue weighted by Crippen LogP contribution is -1.87. The molecule has 0 unspecified atom stereocenters. The highest BCUT2D eigenvalue weighted by Gasteiger charge is 1.97. The zero-order valence-corrected chi connectivity index (χ0v) is 3.92. The highest BCUT2D eigenvalue weighted by atomic mass is 31.1. The zero-order chi connectivity index (χ0) is 5.86. The average Bonchev–Trinajstić information content (AvgIpc) is 1.27. The van der Waals surface area contributed by atoms with Gasteiger partial charge in [-0.05, 0) is 0 Å². The third-order valence-corrected chi connectivity index (χ3v) is 0.458. The summed E-state index contributed by atoms with van der Waals surface area (Å²) in [6.45, 7) is 0. The molecular formula is CHO5P. The van der Waals surface area contributed by atoms with Crippen LogP contribution in [0.1, 0.15) is 0 Å². The normalized spacial score (nSPS) is 7.43. The Morgan fingerprint density at radius 3 is 2.00 bits per heavy atom. The fraction of sp³-hybridized carbons (Fsp3) is 0. The Balaban J connectivity index is 3.53. The molecule has 7 heavy (non-hydrogen) atoms. The standard InChI is InChI=1S/CHO5P/c2-1(3)6-7(4)5/h(H,2,3). The summed E-state index contributed by atoms with van der Waals surface area (Å²) in [7, 11) is -3.24. The quantitative estimate of drug-likeness (QED) is 0.522. The first kappa shape index (κ1) is 6.17. The van der Waals surface area contributed by atoms with Crippen molar-refractivity contribution in [3.8, 4) is 0 Å². The minimum absolute atomic E-state index is 1.81. The van der Waals surface area contributed by atoms with Crippen molar-refractivity contribution in [2.75, 3.05) is 0 Å². The van der Waals surface area contributed by atoms with Crippen LogP contribution in [0.4, 0.5) is 4.79 Å². The highest BCUT2D eigenvalue weighted by molar-refractivity contribution is 7.25. The SMILES string of the molecule is O=C(O)OP(=O)=O. The lowest BCUT2D eigenvalue weighted by Gasteiger charge is -1.76. The molecule has 0 aliphatic rings. The van der Waals surface area contributed by atoms with Gasteiger partial charge in [0.25, 0.3) is 0 Å². The van der Waals surface area contributed by atoms with Gasteiger partial charge in [0.05, 0.1) is 0 Å². The summed E-state index contributed by atoms with van der Waals surface area (Å²) in [5.74, 6) is 0. The van der Waals surface area contributed by atoms with E-state index in [2.05, 4.69) is 4.52 Å². The topological polar surface area (TPSA) is 80.7 Å². The molecule has 0 atom stereocenters. The van der Waals surface area contributed by atoms with Gasteiger partial charge in [-0.3, -0.25) is 0 Å². The van der Waals surface area contributed by atoms with Crippen molar-refractivity contribution >= 4 is 14.1 Å². The molecule has 1 N–H and O–H groups in total. The van der Waals surface area contributed by atoms with Crippen molar-refractivity contribution in [3.63, 3.8) is 0 Å². The summed E-state index contributed by atoms with van der Waals surface area (Å²) >= 11 is 0. The Morgan fingerprint density at radius 1 is 1.57 bits per heavy atom. The van der Waals surface area contributed by atoms with Gasteiger partial charge in [-0.25, -0.2) is 4.79 Å². The van der Waals surface area contributed by atoms with Crippen molar-refractivity contribution in [2.24, 2.45) is 0 Å². The van der Waals surface area contributed by atoms with Crippen molar-refractivity contribution in [2.45, 2.75) is 0 Å². The fourth-order valence-electron chi connectivity index (χ4n) is 0.0638. The summed E-state index contributed by atoms with van der Waals surface area (Å²) in [6.07, 6.45) is -1.81. The van der Waals surface area contributed by atoms with Crippen LogP contribution in [0.3, 0.4) is 0 Å². The lowest BCUT2D eigenvalue weighted by molar-refractivity contribution is 0.146. The second-order valence-electron chi connectivity index (χ2n) is 0.581. The Kier molecular flexibility index (Phi) is 2.08. The van der Waals surface area contributed by atoms with E-state index >= 15 is 0 Å². The van der Waals surface area contributed by atoms with Crippen LogP contribution in [0.15, 0.2) is 0 Å².